The first-order chi connectivity index (χ1) is 7.47. The van der Waals surface area contributed by atoms with Crippen LogP contribution in [0.1, 0.15) is 17.3 Å². The number of hydrogen-bond donors (Lipinski definition) is 0. The van der Waals surface area contributed by atoms with E-state index in [1.54, 1.807) is 18.2 Å². The highest BCUT2D eigenvalue weighted by molar-refractivity contribution is 9.09. The second-order valence-electron chi connectivity index (χ2n) is 3.17. The SMILES string of the molecule is COc1ccc(Cl)cc1C(Br)C(=O)C(C)=O. The number of ketones is 2. The van der Waals surface area contributed by atoms with E-state index < -0.39 is 16.4 Å². The largest absolute Gasteiger partial charge is 0.496 e. The Morgan fingerprint density at radius 1 is 1.44 bits per heavy atom. The van der Waals surface area contributed by atoms with Crippen molar-refractivity contribution in [3.8, 4) is 5.75 Å². The second kappa shape index (κ2) is 5.46. The molecule has 1 atom stereocenters. The zero-order valence-corrected chi connectivity index (χ0v) is 11.1. The van der Waals surface area contributed by atoms with E-state index in [1.807, 2.05) is 0 Å². The molecule has 1 aromatic rings. The minimum Gasteiger partial charge on any atom is -0.496 e. The topological polar surface area (TPSA) is 43.4 Å². The summed E-state index contributed by atoms with van der Waals surface area (Å²) in [5.74, 6) is -0.523. The lowest BCUT2D eigenvalue weighted by Gasteiger charge is -2.12. The third kappa shape index (κ3) is 2.83. The van der Waals surface area contributed by atoms with Crippen molar-refractivity contribution < 1.29 is 14.3 Å². The molecular weight excluding hydrogens is 295 g/mol. The van der Waals surface area contributed by atoms with Crippen LogP contribution in [0.4, 0.5) is 0 Å². The Labute approximate surface area is 107 Å². The molecule has 0 saturated carbocycles. The Balaban J connectivity index is 3.15. The smallest absolute Gasteiger partial charge is 0.216 e. The molecule has 0 amide bonds. The van der Waals surface area contributed by atoms with Gasteiger partial charge in [-0.15, -0.1) is 0 Å². The van der Waals surface area contributed by atoms with E-state index in [9.17, 15) is 9.59 Å². The quantitative estimate of drug-likeness (QED) is 0.634. The molecular formula is C11H10BrClO3. The zero-order chi connectivity index (χ0) is 12.3. The van der Waals surface area contributed by atoms with Crippen LogP contribution in [0.15, 0.2) is 18.2 Å². The lowest BCUT2D eigenvalue weighted by molar-refractivity contribution is -0.135. The summed E-state index contributed by atoms with van der Waals surface area (Å²) < 4.78 is 5.10. The van der Waals surface area contributed by atoms with Crippen LogP contribution in [0.3, 0.4) is 0 Å². The number of halogens is 2. The minimum absolute atomic E-state index is 0.483. The van der Waals surface area contributed by atoms with Gasteiger partial charge >= 0.3 is 0 Å². The number of carbonyl (C=O) groups excluding carboxylic acids is 2. The summed E-state index contributed by atoms with van der Waals surface area (Å²) in [5.41, 5.74) is 0.551. The van der Waals surface area contributed by atoms with E-state index in [-0.39, 0.29) is 0 Å². The maximum atomic E-state index is 11.5. The fourth-order valence-corrected chi connectivity index (χ4v) is 2.08. The molecule has 1 aromatic carbocycles. The Hall–Kier alpha value is -0.870. The number of hydrogen-bond acceptors (Lipinski definition) is 3. The Bertz CT molecular complexity index is 431. The highest BCUT2D eigenvalue weighted by Crippen LogP contribution is 2.34. The molecule has 16 heavy (non-hydrogen) atoms. The van der Waals surface area contributed by atoms with Gasteiger partial charge in [0.15, 0.2) is 5.78 Å². The van der Waals surface area contributed by atoms with Crippen molar-refractivity contribution in [3.63, 3.8) is 0 Å². The first-order valence-electron chi connectivity index (χ1n) is 4.49. The van der Waals surface area contributed by atoms with Crippen molar-refractivity contribution in [2.75, 3.05) is 7.11 Å². The van der Waals surface area contributed by atoms with Gasteiger partial charge in [-0.2, -0.15) is 0 Å². The van der Waals surface area contributed by atoms with Crippen LogP contribution in [0.5, 0.6) is 5.75 Å². The number of benzene rings is 1. The highest BCUT2D eigenvalue weighted by Gasteiger charge is 2.24. The predicted molar refractivity (Wildman–Crippen MR) is 65.4 cm³/mol. The van der Waals surface area contributed by atoms with E-state index in [0.29, 0.717) is 16.3 Å². The van der Waals surface area contributed by atoms with E-state index in [2.05, 4.69) is 15.9 Å². The molecule has 1 unspecified atom stereocenters. The van der Waals surface area contributed by atoms with Crippen molar-refractivity contribution in [2.45, 2.75) is 11.8 Å². The summed E-state index contributed by atoms with van der Waals surface area (Å²) in [7, 11) is 1.49. The molecule has 0 aliphatic rings. The van der Waals surface area contributed by atoms with Gasteiger partial charge in [-0.05, 0) is 18.2 Å². The van der Waals surface area contributed by atoms with Gasteiger partial charge in [-0.3, -0.25) is 9.59 Å². The first-order valence-corrected chi connectivity index (χ1v) is 5.79. The van der Waals surface area contributed by atoms with Crippen LogP contribution < -0.4 is 4.74 Å². The van der Waals surface area contributed by atoms with Gasteiger partial charge in [0.2, 0.25) is 5.78 Å². The molecule has 5 heteroatoms. The molecule has 0 aromatic heterocycles. The molecule has 0 aliphatic heterocycles. The standard InChI is InChI=1S/C11H10BrClO3/c1-6(14)11(15)10(12)8-5-7(13)3-4-9(8)16-2/h3-5,10H,1-2H3. The molecule has 1 rings (SSSR count). The maximum absolute atomic E-state index is 11.5. The predicted octanol–water partition coefficient (Wildman–Crippen LogP) is 2.94. The van der Waals surface area contributed by atoms with E-state index in [0.717, 1.165) is 0 Å². The fourth-order valence-electron chi connectivity index (χ4n) is 1.22. The van der Waals surface area contributed by atoms with Crippen LogP contribution in [0.2, 0.25) is 5.02 Å². The van der Waals surface area contributed by atoms with Crippen LogP contribution in [0, 0.1) is 0 Å². The van der Waals surface area contributed by atoms with Crippen molar-refractivity contribution in [2.24, 2.45) is 0 Å². The molecule has 0 saturated heterocycles. The number of carbonyl (C=O) groups is 2. The molecule has 3 nitrogen and oxygen atoms in total. The van der Waals surface area contributed by atoms with Crippen molar-refractivity contribution in [3.05, 3.63) is 28.8 Å². The molecule has 0 heterocycles. The summed E-state index contributed by atoms with van der Waals surface area (Å²) in [6, 6.07) is 4.90. The molecule has 0 spiro atoms. The van der Waals surface area contributed by atoms with Gasteiger partial charge in [0.25, 0.3) is 0 Å². The summed E-state index contributed by atoms with van der Waals surface area (Å²) >= 11 is 9.00. The molecule has 86 valence electrons. The van der Waals surface area contributed by atoms with Gasteiger partial charge in [-0.25, -0.2) is 0 Å². The zero-order valence-electron chi connectivity index (χ0n) is 8.79. The van der Waals surface area contributed by atoms with Crippen molar-refractivity contribution in [1.82, 2.24) is 0 Å². The molecule has 0 N–H and O–H groups in total. The lowest BCUT2D eigenvalue weighted by Crippen LogP contribution is -2.15. The monoisotopic (exact) mass is 304 g/mol. The van der Waals surface area contributed by atoms with E-state index in [1.165, 1.54) is 14.0 Å². The molecule has 0 fully saturated rings. The third-order valence-corrected chi connectivity index (χ3v) is 3.19. The highest BCUT2D eigenvalue weighted by atomic mass is 79.9. The van der Waals surface area contributed by atoms with Crippen molar-refractivity contribution in [1.29, 1.82) is 0 Å². The van der Waals surface area contributed by atoms with Crippen LogP contribution in [-0.2, 0) is 9.59 Å². The number of alkyl halides is 1. The number of Topliss-reactive ketones (excluding diaryl/α,β-unsaturated/α-hetero) is 2. The fraction of sp³-hybridized carbons (Fsp3) is 0.273. The molecule has 0 bridgehead atoms. The first kappa shape index (κ1) is 13.2. The van der Waals surface area contributed by atoms with Crippen molar-refractivity contribution >= 4 is 39.1 Å². The Morgan fingerprint density at radius 3 is 2.56 bits per heavy atom. The third-order valence-electron chi connectivity index (χ3n) is 2.04. The minimum atomic E-state index is -0.723. The number of ether oxygens (including phenoxy) is 1. The average Bonchev–Trinajstić information content (AvgIpc) is 2.26. The summed E-state index contributed by atoms with van der Waals surface area (Å²) in [5, 5.41) is 0.483. The summed E-state index contributed by atoms with van der Waals surface area (Å²) in [6.07, 6.45) is 0. The van der Waals surface area contributed by atoms with Gasteiger partial charge in [0.05, 0.1) is 7.11 Å². The van der Waals surface area contributed by atoms with E-state index in [4.69, 9.17) is 16.3 Å². The average molecular weight is 306 g/mol. The van der Waals surface area contributed by atoms with Gasteiger partial charge < -0.3 is 4.74 Å². The second-order valence-corrected chi connectivity index (χ2v) is 4.52. The lowest BCUT2D eigenvalue weighted by atomic mass is 10.1. The van der Waals surface area contributed by atoms with E-state index >= 15 is 0 Å². The Morgan fingerprint density at radius 2 is 2.06 bits per heavy atom. The van der Waals surface area contributed by atoms with Crippen LogP contribution in [-0.4, -0.2) is 18.7 Å². The summed E-state index contributed by atoms with van der Waals surface area (Å²) in [6.45, 7) is 1.23. The van der Waals surface area contributed by atoms with Gasteiger partial charge in [0, 0.05) is 17.5 Å². The van der Waals surface area contributed by atoms with Gasteiger partial charge in [-0.1, -0.05) is 27.5 Å². The van der Waals surface area contributed by atoms with Crippen LogP contribution in [0.25, 0.3) is 0 Å². The molecule has 0 radical (unpaired) electrons. The summed E-state index contributed by atoms with van der Waals surface area (Å²) in [4.78, 5) is 21.8. The van der Waals surface area contributed by atoms with Crippen LogP contribution >= 0.6 is 27.5 Å². The molecule has 0 aliphatic carbocycles. The Kier molecular flexibility index (Phi) is 4.50. The normalized spacial score (nSPS) is 12.0. The maximum Gasteiger partial charge on any atom is 0.216 e. The number of rotatable bonds is 4. The number of methoxy groups -OCH3 is 1. The van der Waals surface area contributed by atoms with Gasteiger partial charge in [0.1, 0.15) is 10.6 Å².